The molecule has 12 nitrogen and oxygen atoms in total. The number of hydrogen-bond acceptors (Lipinski definition) is 7. The third-order valence-corrected chi connectivity index (χ3v) is 7.60. The molecule has 0 spiro atoms. The van der Waals surface area contributed by atoms with Crippen molar-refractivity contribution in [2.45, 2.75) is 57.3 Å². The molecule has 38 heavy (non-hydrogen) atoms. The van der Waals surface area contributed by atoms with Crippen LogP contribution in [0.3, 0.4) is 0 Å². The average molecular weight is 551 g/mol. The van der Waals surface area contributed by atoms with Crippen molar-refractivity contribution >= 4 is 27.6 Å². The Morgan fingerprint density at radius 1 is 1.32 bits per heavy atom. The van der Waals surface area contributed by atoms with E-state index in [-0.39, 0.29) is 54.2 Å². The molecule has 3 rings (SSSR count). The van der Waals surface area contributed by atoms with Crippen LogP contribution in [0.2, 0.25) is 0 Å². The van der Waals surface area contributed by atoms with E-state index in [2.05, 4.69) is 15.0 Å². The summed E-state index contributed by atoms with van der Waals surface area (Å²) in [7, 11) is -0.594. The molecular weight excluding hydrogens is 512 g/mol. The van der Waals surface area contributed by atoms with Crippen molar-refractivity contribution in [1.29, 1.82) is 0 Å². The van der Waals surface area contributed by atoms with Gasteiger partial charge in [0.15, 0.2) is 5.03 Å². The number of aryl methyl sites for hydroxylation is 1. The molecule has 1 aliphatic heterocycles. The number of likely N-dealkylation sites (N-methyl/N-ethyl adjacent to an activating group) is 1. The standard InChI is InChI=1S/C25H38N6O6S/c1-16(2)27-25(34)30(6)12-22-17(3)11-31(18(4)14-32)24(33)10-19-9-20(7-8-21(19)37-22)28-38(35,36)23-13-29(5)15-26-23/h7-9,13,15-18,22,28,32H,10-12,14H2,1-6H3,(H,27,34)/t17-,18+,22+/m0/s1. The van der Waals surface area contributed by atoms with Gasteiger partial charge in [0, 0.05) is 50.0 Å². The van der Waals surface area contributed by atoms with Crippen LogP contribution in [-0.4, -0.2) is 89.7 Å². The van der Waals surface area contributed by atoms with Crippen LogP contribution >= 0.6 is 0 Å². The van der Waals surface area contributed by atoms with Crippen LogP contribution in [-0.2, 0) is 28.3 Å². The number of nitrogens with zero attached hydrogens (tertiary/aromatic N) is 4. The summed E-state index contributed by atoms with van der Waals surface area (Å²) in [5.74, 6) is 0.0160. The zero-order valence-electron chi connectivity index (χ0n) is 22.7. The Morgan fingerprint density at radius 2 is 2.03 bits per heavy atom. The summed E-state index contributed by atoms with van der Waals surface area (Å²) in [4.78, 5) is 32.9. The van der Waals surface area contributed by atoms with Gasteiger partial charge in [-0.25, -0.2) is 9.78 Å². The Hall–Kier alpha value is -3.32. The quantitative estimate of drug-likeness (QED) is 0.451. The SMILES string of the molecule is CC(C)NC(=O)N(C)C[C@H]1Oc2ccc(NS(=O)(=O)c3cn(C)cn3)cc2CC(=O)N([C@H](C)CO)C[C@@H]1C. The van der Waals surface area contributed by atoms with Crippen LogP contribution in [0.5, 0.6) is 5.75 Å². The predicted octanol–water partition coefficient (Wildman–Crippen LogP) is 1.42. The molecule has 1 aromatic heterocycles. The Bertz CT molecular complexity index is 1250. The van der Waals surface area contributed by atoms with Crippen molar-refractivity contribution in [3.8, 4) is 5.75 Å². The number of carbonyl (C=O) groups is 2. The van der Waals surface area contributed by atoms with E-state index in [4.69, 9.17) is 4.74 Å². The lowest BCUT2D eigenvalue weighted by Gasteiger charge is -2.34. The van der Waals surface area contributed by atoms with Gasteiger partial charge in [-0.15, -0.1) is 0 Å². The number of anilines is 1. The Kier molecular flexibility index (Phi) is 9.26. The van der Waals surface area contributed by atoms with Gasteiger partial charge >= 0.3 is 6.03 Å². The van der Waals surface area contributed by atoms with Gasteiger partial charge in [0.1, 0.15) is 11.9 Å². The fourth-order valence-corrected chi connectivity index (χ4v) is 5.19. The third-order valence-electron chi connectivity index (χ3n) is 6.34. The van der Waals surface area contributed by atoms with E-state index in [1.54, 1.807) is 44.1 Å². The number of nitrogens with one attached hydrogen (secondary N) is 2. The maximum atomic E-state index is 13.3. The van der Waals surface area contributed by atoms with Gasteiger partial charge in [-0.3, -0.25) is 9.52 Å². The fraction of sp³-hybridized carbons (Fsp3) is 0.560. The van der Waals surface area contributed by atoms with E-state index in [1.807, 2.05) is 20.8 Å². The molecular formula is C25H38N6O6S. The summed E-state index contributed by atoms with van der Waals surface area (Å²) >= 11 is 0. The molecule has 0 radical (unpaired) electrons. The number of hydrogen-bond donors (Lipinski definition) is 3. The first-order valence-corrected chi connectivity index (χ1v) is 14.0. The lowest BCUT2D eigenvalue weighted by atomic mass is 10.0. The van der Waals surface area contributed by atoms with Gasteiger partial charge in [0.2, 0.25) is 5.91 Å². The Morgan fingerprint density at radius 3 is 2.63 bits per heavy atom. The number of aliphatic hydroxyl groups is 1. The van der Waals surface area contributed by atoms with E-state index >= 15 is 0 Å². The van der Waals surface area contributed by atoms with Gasteiger partial charge in [-0.1, -0.05) is 6.92 Å². The maximum Gasteiger partial charge on any atom is 0.317 e. The van der Waals surface area contributed by atoms with Crippen molar-refractivity contribution in [2.24, 2.45) is 13.0 Å². The highest BCUT2D eigenvalue weighted by Crippen LogP contribution is 2.30. The van der Waals surface area contributed by atoms with Crippen LogP contribution < -0.4 is 14.8 Å². The van der Waals surface area contributed by atoms with E-state index in [0.717, 1.165) is 0 Å². The van der Waals surface area contributed by atoms with Crippen LogP contribution in [0.25, 0.3) is 0 Å². The monoisotopic (exact) mass is 550 g/mol. The molecule has 0 unspecified atom stereocenters. The number of benzene rings is 1. The summed E-state index contributed by atoms with van der Waals surface area (Å²) in [6.45, 7) is 7.81. The number of ether oxygens (including phenoxy) is 1. The second kappa shape index (κ2) is 12.0. The number of aliphatic hydroxyl groups excluding tert-OH is 1. The largest absolute Gasteiger partial charge is 0.488 e. The van der Waals surface area contributed by atoms with Gasteiger partial charge < -0.3 is 29.5 Å². The molecule has 3 N–H and O–H groups in total. The number of fused-ring (bicyclic) bond motifs is 1. The summed E-state index contributed by atoms with van der Waals surface area (Å²) in [5, 5.41) is 12.5. The summed E-state index contributed by atoms with van der Waals surface area (Å²) < 4.78 is 36.0. The molecule has 13 heteroatoms. The molecule has 2 heterocycles. The summed E-state index contributed by atoms with van der Waals surface area (Å²) in [6.07, 6.45) is 2.25. The minimum atomic E-state index is -3.94. The van der Waals surface area contributed by atoms with Gasteiger partial charge in [-0.05, 0) is 39.0 Å². The number of imidazole rings is 1. The molecule has 2 aromatic rings. The summed E-state index contributed by atoms with van der Waals surface area (Å²) in [5.41, 5.74) is 0.740. The molecule has 0 saturated carbocycles. The van der Waals surface area contributed by atoms with Crippen molar-refractivity contribution in [3.63, 3.8) is 0 Å². The summed E-state index contributed by atoms with van der Waals surface area (Å²) in [6, 6.07) is 4.05. The predicted molar refractivity (Wildman–Crippen MR) is 142 cm³/mol. The first kappa shape index (κ1) is 29.2. The molecule has 1 aliphatic rings. The van der Waals surface area contributed by atoms with Crippen LogP contribution in [0.1, 0.15) is 33.3 Å². The third kappa shape index (κ3) is 7.16. The van der Waals surface area contributed by atoms with Gasteiger partial charge in [0.25, 0.3) is 10.0 Å². The van der Waals surface area contributed by atoms with Crippen LogP contribution in [0.4, 0.5) is 10.5 Å². The number of amides is 3. The zero-order chi connectivity index (χ0) is 28.2. The molecule has 3 atom stereocenters. The van der Waals surface area contributed by atoms with E-state index in [0.29, 0.717) is 17.9 Å². The topological polar surface area (TPSA) is 146 Å². The van der Waals surface area contributed by atoms with E-state index in [1.165, 1.54) is 22.0 Å². The number of aromatic nitrogens is 2. The maximum absolute atomic E-state index is 13.3. The first-order valence-electron chi connectivity index (χ1n) is 12.5. The molecule has 0 aliphatic carbocycles. The van der Waals surface area contributed by atoms with Gasteiger partial charge in [-0.2, -0.15) is 8.42 Å². The van der Waals surface area contributed by atoms with E-state index < -0.39 is 22.2 Å². The molecule has 0 saturated heterocycles. The highest BCUT2D eigenvalue weighted by molar-refractivity contribution is 7.92. The fourth-order valence-electron chi connectivity index (χ4n) is 4.16. The van der Waals surface area contributed by atoms with Crippen molar-refractivity contribution in [3.05, 3.63) is 36.3 Å². The van der Waals surface area contributed by atoms with E-state index in [9.17, 15) is 23.1 Å². The number of rotatable bonds is 8. The van der Waals surface area contributed by atoms with Crippen molar-refractivity contribution in [1.82, 2.24) is 24.7 Å². The lowest BCUT2D eigenvalue weighted by molar-refractivity contribution is -0.134. The average Bonchev–Trinajstić information content (AvgIpc) is 3.30. The minimum Gasteiger partial charge on any atom is -0.488 e. The highest BCUT2D eigenvalue weighted by Gasteiger charge is 2.32. The van der Waals surface area contributed by atoms with Crippen LogP contribution in [0.15, 0.2) is 35.7 Å². The highest BCUT2D eigenvalue weighted by atomic mass is 32.2. The number of urea groups is 1. The first-order chi connectivity index (χ1) is 17.8. The zero-order valence-corrected chi connectivity index (χ0v) is 23.5. The molecule has 0 bridgehead atoms. The number of carbonyl (C=O) groups excluding carboxylic acids is 2. The Labute approximate surface area is 224 Å². The second-order valence-corrected chi connectivity index (χ2v) is 11.8. The normalized spacial score (nSPS) is 19.1. The smallest absolute Gasteiger partial charge is 0.317 e. The lowest BCUT2D eigenvalue weighted by Crippen LogP contribution is -2.49. The van der Waals surface area contributed by atoms with Gasteiger partial charge in [0.05, 0.1) is 31.9 Å². The molecule has 0 fully saturated rings. The second-order valence-electron chi connectivity index (χ2n) is 10.2. The number of sulfonamides is 1. The van der Waals surface area contributed by atoms with Crippen molar-refractivity contribution < 1.29 is 27.9 Å². The molecule has 1 aromatic carbocycles. The van der Waals surface area contributed by atoms with Crippen LogP contribution in [0, 0.1) is 5.92 Å². The minimum absolute atomic E-state index is 0.0312. The Balaban J connectivity index is 1.95. The van der Waals surface area contributed by atoms with Crippen molar-refractivity contribution in [2.75, 3.05) is 31.5 Å². The molecule has 210 valence electrons. The molecule has 3 amide bonds.